The van der Waals surface area contributed by atoms with Crippen LogP contribution in [0.15, 0.2) is 58.3 Å². The summed E-state index contributed by atoms with van der Waals surface area (Å²) < 4.78 is 0. The maximum Gasteiger partial charge on any atom is 0.0620 e. The van der Waals surface area contributed by atoms with Gasteiger partial charge in [-0.25, -0.2) is 0 Å². The van der Waals surface area contributed by atoms with Gasteiger partial charge in [0.2, 0.25) is 0 Å². The number of benzene rings is 2. The molecule has 0 unspecified atom stereocenters. The van der Waals surface area contributed by atoms with E-state index < -0.39 is 0 Å². The van der Waals surface area contributed by atoms with E-state index in [-0.39, 0.29) is 0 Å². The van der Waals surface area contributed by atoms with E-state index in [4.69, 9.17) is 11.7 Å². The lowest BCUT2D eigenvalue weighted by Crippen LogP contribution is -2.07. The Morgan fingerprint density at radius 2 is 1.14 bits per heavy atom. The summed E-state index contributed by atoms with van der Waals surface area (Å²) in [7, 11) is 0. The Morgan fingerprint density at radius 3 is 1.57 bits per heavy atom. The van der Waals surface area contributed by atoms with Gasteiger partial charge in [0.15, 0.2) is 0 Å². The number of anilines is 2. The second-order valence-corrected chi connectivity index (χ2v) is 6.60. The monoisotopic (exact) mass is 320 g/mol. The Hall–Kier alpha value is -1.34. The standard InChI is InChI=1S/C15H20N4S2/c16-18-12-6-1-3-8-14(12)20-10-5-11-21-15-9-4-2-7-13(15)19-17/h1-4,6-9,18-19H,5,10-11,16-17H2. The van der Waals surface area contributed by atoms with Gasteiger partial charge in [0.25, 0.3) is 0 Å². The van der Waals surface area contributed by atoms with Gasteiger partial charge >= 0.3 is 0 Å². The molecule has 2 aromatic rings. The van der Waals surface area contributed by atoms with Gasteiger partial charge in [-0.3, -0.25) is 11.7 Å². The fourth-order valence-corrected chi connectivity index (χ4v) is 3.96. The summed E-state index contributed by atoms with van der Waals surface area (Å²) >= 11 is 3.64. The van der Waals surface area contributed by atoms with Crippen LogP contribution in [0.3, 0.4) is 0 Å². The minimum absolute atomic E-state index is 0.979. The number of thioether (sulfide) groups is 2. The van der Waals surface area contributed by atoms with Crippen LogP contribution in [0.4, 0.5) is 11.4 Å². The lowest BCUT2D eigenvalue weighted by molar-refractivity contribution is 1.12. The topological polar surface area (TPSA) is 76.1 Å². The average Bonchev–Trinajstić information content (AvgIpc) is 2.55. The van der Waals surface area contributed by atoms with Gasteiger partial charge in [0, 0.05) is 9.79 Å². The summed E-state index contributed by atoms with van der Waals surface area (Å²) in [6.07, 6.45) is 1.12. The molecule has 0 radical (unpaired) electrons. The third-order valence-corrected chi connectivity index (χ3v) is 5.21. The molecule has 0 saturated carbocycles. The second kappa shape index (κ2) is 8.84. The van der Waals surface area contributed by atoms with E-state index in [2.05, 4.69) is 23.0 Å². The number of hydrogen-bond acceptors (Lipinski definition) is 6. The molecule has 0 aromatic heterocycles. The van der Waals surface area contributed by atoms with Crippen LogP contribution in [-0.2, 0) is 0 Å². The Bertz CT molecular complexity index is 513. The molecule has 0 heterocycles. The van der Waals surface area contributed by atoms with Gasteiger partial charge in [-0.05, 0) is 42.2 Å². The fourth-order valence-electron chi connectivity index (χ4n) is 1.85. The third-order valence-electron chi connectivity index (χ3n) is 2.89. The van der Waals surface area contributed by atoms with Crippen LogP contribution in [0, 0.1) is 0 Å². The van der Waals surface area contributed by atoms with Crippen LogP contribution in [0.2, 0.25) is 0 Å². The van der Waals surface area contributed by atoms with Crippen molar-refractivity contribution in [2.75, 3.05) is 22.4 Å². The minimum atomic E-state index is 0.979. The normalized spacial score (nSPS) is 10.4. The first-order valence-corrected chi connectivity index (χ1v) is 8.69. The maximum atomic E-state index is 5.50. The van der Waals surface area contributed by atoms with Gasteiger partial charge in [-0.15, -0.1) is 23.5 Å². The number of hydrogen-bond donors (Lipinski definition) is 4. The predicted molar refractivity (Wildman–Crippen MR) is 94.6 cm³/mol. The number of hydrazine groups is 2. The highest BCUT2D eigenvalue weighted by Crippen LogP contribution is 2.29. The van der Waals surface area contributed by atoms with Crippen LogP contribution >= 0.6 is 23.5 Å². The molecule has 0 amide bonds. The molecule has 21 heavy (non-hydrogen) atoms. The molecule has 6 heteroatoms. The van der Waals surface area contributed by atoms with Crippen LogP contribution < -0.4 is 22.5 Å². The van der Waals surface area contributed by atoms with Crippen LogP contribution in [0.1, 0.15) is 6.42 Å². The Kier molecular flexibility index (Phi) is 6.75. The Labute approximate surface area is 134 Å². The van der Waals surface area contributed by atoms with Crippen molar-refractivity contribution >= 4 is 34.9 Å². The summed E-state index contributed by atoms with van der Waals surface area (Å²) in [5.74, 6) is 13.1. The lowest BCUT2D eigenvalue weighted by Gasteiger charge is -2.09. The van der Waals surface area contributed by atoms with Crippen LogP contribution in [-0.4, -0.2) is 11.5 Å². The number of para-hydroxylation sites is 2. The highest BCUT2D eigenvalue weighted by atomic mass is 32.2. The van der Waals surface area contributed by atoms with Crippen LogP contribution in [0.25, 0.3) is 0 Å². The first-order chi connectivity index (χ1) is 10.3. The molecular formula is C15H20N4S2. The quantitative estimate of drug-likeness (QED) is 0.258. The summed E-state index contributed by atoms with van der Waals surface area (Å²) in [5, 5.41) is 0. The van der Waals surface area contributed by atoms with E-state index in [1.54, 1.807) is 0 Å². The van der Waals surface area contributed by atoms with Crippen molar-refractivity contribution in [2.45, 2.75) is 16.2 Å². The van der Waals surface area contributed by atoms with Gasteiger partial charge in [-0.1, -0.05) is 24.3 Å². The number of nitrogens with one attached hydrogen (secondary N) is 2. The molecule has 112 valence electrons. The van der Waals surface area contributed by atoms with Crippen LogP contribution in [0.5, 0.6) is 0 Å². The fraction of sp³-hybridized carbons (Fsp3) is 0.200. The van der Waals surface area contributed by atoms with E-state index in [0.29, 0.717) is 0 Å². The van der Waals surface area contributed by atoms with Crippen molar-refractivity contribution in [1.29, 1.82) is 0 Å². The highest BCUT2D eigenvalue weighted by molar-refractivity contribution is 8.00. The molecular weight excluding hydrogens is 300 g/mol. The molecule has 0 spiro atoms. The SMILES string of the molecule is NNc1ccccc1SCCCSc1ccccc1NN. The third kappa shape index (κ3) is 4.86. The largest absolute Gasteiger partial charge is 0.323 e. The number of rotatable bonds is 8. The molecule has 2 rings (SSSR count). The Morgan fingerprint density at radius 1 is 0.714 bits per heavy atom. The smallest absolute Gasteiger partial charge is 0.0620 e. The van der Waals surface area contributed by atoms with E-state index in [9.17, 15) is 0 Å². The average molecular weight is 320 g/mol. The first kappa shape index (κ1) is 16.0. The molecule has 0 fully saturated rings. The predicted octanol–water partition coefficient (Wildman–Crippen LogP) is 3.53. The first-order valence-electron chi connectivity index (χ1n) is 6.72. The number of nitrogen functional groups attached to an aromatic ring is 2. The van der Waals surface area contributed by atoms with E-state index in [1.807, 2.05) is 59.9 Å². The van der Waals surface area contributed by atoms with Gasteiger partial charge in [0.1, 0.15) is 0 Å². The van der Waals surface area contributed by atoms with Crippen molar-refractivity contribution in [3.63, 3.8) is 0 Å². The van der Waals surface area contributed by atoms with E-state index >= 15 is 0 Å². The molecule has 4 nitrogen and oxygen atoms in total. The highest BCUT2D eigenvalue weighted by Gasteiger charge is 2.02. The van der Waals surface area contributed by atoms with E-state index in [1.165, 1.54) is 9.79 Å². The molecule has 0 bridgehead atoms. The molecule has 6 N–H and O–H groups in total. The van der Waals surface area contributed by atoms with Gasteiger partial charge in [-0.2, -0.15) is 0 Å². The lowest BCUT2D eigenvalue weighted by atomic mass is 10.3. The summed E-state index contributed by atoms with van der Waals surface area (Å²) in [6, 6.07) is 16.2. The zero-order chi connectivity index (χ0) is 14.9. The molecule has 0 aliphatic carbocycles. The summed E-state index contributed by atoms with van der Waals surface area (Å²) in [6.45, 7) is 0. The minimum Gasteiger partial charge on any atom is -0.323 e. The summed E-state index contributed by atoms with van der Waals surface area (Å²) in [5.41, 5.74) is 7.42. The maximum absolute atomic E-state index is 5.50. The zero-order valence-electron chi connectivity index (χ0n) is 11.7. The molecule has 0 atom stereocenters. The zero-order valence-corrected chi connectivity index (χ0v) is 13.3. The van der Waals surface area contributed by atoms with E-state index in [0.717, 1.165) is 29.3 Å². The van der Waals surface area contributed by atoms with Crippen molar-refractivity contribution in [1.82, 2.24) is 0 Å². The van der Waals surface area contributed by atoms with Crippen molar-refractivity contribution in [3.05, 3.63) is 48.5 Å². The van der Waals surface area contributed by atoms with Gasteiger partial charge in [0.05, 0.1) is 11.4 Å². The molecule has 0 aliphatic rings. The molecule has 2 aromatic carbocycles. The Balaban J connectivity index is 1.75. The number of nitrogens with two attached hydrogens (primary N) is 2. The second-order valence-electron chi connectivity index (χ2n) is 4.33. The summed E-state index contributed by atoms with van der Waals surface area (Å²) in [4.78, 5) is 2.38. The molecule has 0 saturated heterocycles. The van der Waals surface area contributed by atoms with Crippen molar-refractivity contribution in [3.8, 4) is 0 Å². The van der Waals surface area contributed by atoms with Crippen molar-refractivity contribution in [2.24, 2.45) is 11.7 Å². The van der Waals surface area contributed by atoms with Crippen molar-refractivity contribution < 1.29 is 0 Å². The van der Waals surface area contributed by atoms with Gasteiger partial charge < -0.3 is 10.9 Å². The molecule has 0 aliphatic heterocycles.